The highest BCUT2D eigenvalue weighted by molar-refractivity contribution is 7.90. The maximum atomic E-state index is 10.9. The molecule has 1 saturated heterocycles. The number of nitrogens with zero attached hydrogens (tertiary/aromatic N) is 1. The Morgan fingerprint density at radius 2 is 2.00 bits per heavy atom. The van der Waals surface area contributed by atoms with Crippen molar-refractivity contribution in [3.63, 3.8) is 0 Å². The first-order chi connectivity index (χ1) is 6.35. The topological polar surface area (TPSA) is 57.6 Å². The first kappa shape index (κ1) is 11.9. The van der Waals surface area contributed by atoms with Gasteiger partial charge in [-0.2, -0.15) is 0 Å². The van der Waals surface area contributed by atoms with E-state index in [1.807, 2.05) is 11.8 Å². The van der Waals surface area contributed by atoms with Crippen LogP contribution in [-0.2, 0) is 9.84 Å². The van der Waals surface area contributed by atoms with Crippen LogP contribution in [0.1, 0.15) is 19.8 Å². The maximum Gasteiger partial charge on any atom is 0.148 e. The standard InChI is InChI=1S/C9H19NO3S/c1-3-4-9(11)7-10(8-9)5-6-14(2,12)13/h11H,3-8H2,1-2H3. The van der Waals surface area contributed by atoms with Gasteiger partial charge in [0.2, 0.25) is 0 Å². The van der Waals surface area contributed by atoms with E-state index in [9.17, 15) is 13.5 Å². The molecule has 0 amide bonds. The molecule has 1 aliphatic rings. The summed E-state index contributed by atoms with van der Waals surface area (Å²) in [6.45, 7) is 3.83. The number of hydrogen-bond donors (Lipinski definition) is 1. The van der Waals surface area contributed by atoms with Gasteiger partial charge in [-0.05, 0) is 6.42 Å². The van der Waals surface area contributed by atoms with Crippen molar-refractivity contribution < 1.29 is 13.5 Å². The molecule has 0 spiro atoms. The van der Waals surface area contributed by atoms with Crippen molar-refractivity contribution in [1.29, 1.82) is 0 Å². The van der Waals surface area contributed by atoms with E-state index in [1.54, 1.807) is 0 Å². The lowest BCUT2D eigenvalue weighted by atomic mass is 9.89. The van der Waals surface area contributed by atoms with Crippen LogP contribution in [0.2, 0.25) is 0 Å². The van der Waals surface area contributed by atoms with E-state index in [1.165, 1.54) is 6.26 Å². The molecule has 84 valence electrons. The van der Waals surface area contributed by atoms with Gasteiger partial charge in [-0.3, -0.25) is 4.90 Å². The van der Waals surface area contributed by atoms with E-state index in [-0.39, 0.29) is 5.75 Å². The van der Waals surface area contributed by atoms with Crippen molar-refractivity contribution in [1.82, 2.24) is 4.90 Å². The average Bonchev–Trinajstić information content (AvgIpc) is 1.95. The van der Waals surface area contributed by atoms with Crippen LogP contribution in [0, 0.1) is 0 Å². The van der Waals surface area contributed by atoms with Gasteiger partial charge in [0.1, 0.15) is 9.84 Å². The quantitative estimate of drug-likeness (QED) is 0.703. The fourth-order valence-electron chi connectivity index (χ4n) is 1.86. The number of hydrogen-bond acceptors (Lipinski definition) is 4. The van der Waals surface area contributed by atoms with Gasteiger partial charge in [0.15, 0.2) is 0 Å². The summed E-state index contributed by atoms with van der Waals surface area (Å²) in [4.78, 5) is 1.98. The second-order valence-electron chi connectivity index (χ2n) is 4.31. The molecule has 0 radical (unpaired) electrons. The molecule has 0 aromatic rings. The summed E-state index contributed by atoms with van der Waals surface area (Å²) < 4.78 is 21.7. The van der Waals surface area contributed by atoms with E-state index in [0.29, 0.717) is 19.6 Å². The molecule has 0 bridgehead atoms. The fourth-order valence-corrected chi connectivity index (χ4v) is 2.45. The molecule has 1 aliphatic heterocycles. The Morgan fingerprint density at radius 3 is 2.43 bits per heavy atom. The molecule has 1 N–H and O–H groups in total. The van der Waals surface area contributed by atoms with Crippen molar-refractivity contribution in [3.8, 4) is 0 Å². The second kappa shape index (κ2) is 4.16. The summed E-state index contributed by atoms with van der Waals surface area (Å²) in [5.74, 6) is 0.190. The monoisotopic (exact) mass is 221 g/mol. The molecule has 4 nitrogen and oxygen atoms in total. The smallest absolute Gasteiger partial charge is 0.148 e. The van der Waals surface area contributed by atoms with Gasteiger partial charge in [0, 0.05) is 25.9 Å². The predicted octanol–water partition coefficient (Wildman–Crippen LogP) is -0.122. The van der Waals surface area contributed by atoms with Crippen molar-refractivity contribution >= 4 is 9.84 Å². The lowest BCUT2D eigenvalue weighted by molar-refractivity contribution is -0.100. The summed E-state index contributed by atoms with van der Waals surface area (Å²) in [5, 5.41) is 9.82. The van der Waals surface area contributed by atoms with Crippen molar-refractivity contribution in [3.05, 3.63) is 0 Å². The number of β-amino-alcohol motifs (C(OH)–C–C–N with tert-alkyl or cyclic N) is 1. The van der Waals surface area contributed by atoms with E-state index in [2.05, 4.69) is 0 Å². The highest BCUT2D eigenvalue weighted by Crippen LogP contribution is 2.25. The summed E-state index contributed by atoms with van der Waals surface area (Å²) in [7, 11) is -2.87. The number of likely N-dealkylation sites (tertiary alicyclic amines) is 1. The Bertz CT molecular complexity index is 280. The zero-order valence-electron chi connectivity index (χ0n) is 8.86. The minimum absolute atomic E-state index is 0.190. The van der Waals surface area contributed by atoms with Gasteiger partial charge in [-0.15, -0.1) is 0 Å². The maximum absolute atomic E-state index is 10.9. The normalized spacial score (nSPS) is 21.9. The molecule has 5 heteroatoms. The minimum atomic E-state index is -2.87. The molecule has 0 unspecified atom stereocenters. The Labute approximate surface area is 85.8 Å². The molecule has 0 atom stereocenters. The minimum Gasteiger partial charge on any atom is -0.387 e. The van der Waals surface area contributed by atoms with Gasteiger partial charge in [-0.25, -0.2) is 8.42 Å². The Hall–Kier alpha value is -0.130. The number of rotatable bonds is 5. The van der Waals surface area contributed by atoms with Gasteiger partial charge in [-0.1, -0.05) is 13.3 Å². The van der Waals surface area contributed by atoms with E-state index < -0.39 is 15.4 Å². The van der Waals surface area contributed by atoms with Crippen LogP contribution in [0.5, 0.6) is 0 Å². The van der Waals surface area contributed by atoms with Crippen LogP contribution >= 0.6 is 0 Å². The Balaban J connectivity index is 2.22. The SMILES string of the molecule is CCCC1(O)CN(CCS(C)(=O)=O)C1. The van der Waals surface area contributed by atoms with E-state index in [4.69, 9.17) is 0 Å². The summed E-state index contributed by atoms with van der Waals surface area (Å²) >= 11 is 0. The first-order valence-electron chi connectivity index (χ1n) is 4.97. The second-order valence-corrected chi connectivity index (χ2v) is 6.57. The lowest BCUT2D eigenvalue weighted by Crippen LogP contribution is -2.62. The van der Waals surface area contributed by atoms with Crippen LogP contribution in [0.25, 0.3) is 0 Å². The van der Waals surface area contributed by atoms with Crippen LogP contribution in [-0.4, -0.2) is 55.7 Å². The highest BCUT2D eigenvalue weighted by atomic mass is 32.2. The first-order valence-corrected chi connectivity index (χ1v) is 7.03. The summed E-state index contributed by atoms with van der Waals surface area (Å²) in [6.07, 6.45) is 3.02. The third kappa shape index (κ3) is 3.55. The molecule has 0 saturated carbocycles. The third-order valence-corrected chi connectivity index (χ3v) is 3.45. The molecule has 1 rings (SSSR count). The fraction of sp³-hybridized carbons (Fsp3) is 1.00. The van der Waals surface area contributed by atoms with Gasteiger partial charge >= 0.3 is 0 Å². The summed E-state index contributed by atoms with van der Waals surface area (Å²) in [6, 6.07) is 0. The molecular formula is C9H19NO3S. The van der Waals surface area contributed by atoms with E-state index in [0.717, 1.165) is 12.8 Å². The lowest BCUT2D eigenvalue weighted by Gasteiger charge is -2.46. The zero-order chi connectivity index (χ0) is 10.8. The van der Waals surface area contributed by atoms with Crippen molar-refractivity contribution in [2.75, 3.05) is 31.6 Å². The largest absolute Gasteiger partial charge is 0.387 e. The van der Waals surface area contributed by atoms with Gasteiger partial charge < -0.3 is 5.11 Å². The average molecular weight is 221 g/mol. The van der Waals surface area contributed by atoms with E-state index >= 15 is 0 Å². The van der Waals surface area contributed by atoms with Crippen LogP contribution < -0.4 is 0 Å². The molecular weight excluding hydrogens is 202 g/mol. The highest BCUT2D eigenvalue weighted by Gasteiger charge is 2.39. The van der Waals surface area contributed by atoms with Gasteiger partial charge in [0.05, 0.1) is 11.4 Å². The Morgan fingerprint density at radius 1 is 1.43 bits per heavy atom. The zero-order valence-corrected chi connectivity index (χ0v) is 9.68. The van der Waals surface area contributed by atoms with Crippen LogP contribution in [0.3, 0.4) is 0 Å². The molecule has 1 heterocycles. The molecule has 0 aromatic carbocycles. The summed E-state index contributed by atoms with van der Waals surface area (Å²) in [5.41, 5.74) is -0.549. The number of aliphatic hydroxyl groups is 1. The van der Waals surface area contributed by atoms with Crippen molar-refractivity contribution in [2.45, 2.75) is 25.4 Å². The van der Waals surface area contributed by atoms with Crippen LogP contribution in [0.4, 0.5) is 0 Å². The van der Waals surface area contributed by atoms with Crippen LogP contribution in [0.15, 0.2) is 0 Å². The molecule has 1 fully saturated rings. The molecule has 0 aromatic heterocycles. The predicted molar refractivity (Wildman–Crippen MR) is 56.0 cm³/mol. The van der Waals surface area contributed by atoms with Gasteiger partial charge in [0.25, 0.3) is 0 Å². The molecule has 14 heavy (non-hydrogen) atoms. The third-order valence-electron chi connectivity index (χ3n) is 2.53. The Kier molecular flexibility index (Phi) is 3.55. The number of sulfone groups is 1. The van der Waals surface area contributed by atoms with Crippen molar-refractivity contribution in [2.24, 2.45) is 0 Å². The molecule has 0 aliphatic carbocycles.